The Balaban J connectivity index is 1.36. The maximum atomic E-state index is 12.4. The summed E-state index contributed by atoms with van der Waals surface area (Å²) in [6, 6.07) is 10.4. The van der Waals surface area contributed by atoms with Crippen LogP contribution in [0, 0.1) is 5.92 Å². The number of rotatable bonds is 6. The Morgan fingerprint density at radius 1 is 1.11 bits per heavy atom. The van der Waals surface area contributed by atoms with Crippen LogP contribution in [-0.2, 0) is 4.79 Å². The quantitative estimate of drug-likeness (QED) is 0.827. The molecule has 1 N–H and O–H groups in total. The number of amides is 2. The molecule has 2 heterocycles. The highest BCUT2D eigenvalue weighted by molar-refractivity contribution is 6.30. The molecule has 0 atom stereocenters. The molecule has 27 heavy (non-hydrogen) atoms. The van der Waals surface area contributed by atoms with Crippen LogP contribution in [0.3, 0.4) is 0 Å². The van der Waals surface area contributed by atoms with Gasteiger partial charge in [-0.15, -0.1) is 0 Å². The molecule has 1 aliphatic heterocycles. The van der Waals surface area contributed by atoms with Crippen molar-refractivity contribution in [3.8, 4) is 5.75 Å². The Morgan fingerprint density at radius 2 is 1.78 bits per heavy atom. The van der Waals surface area contributed by atoms with Crippen molar-refractivity contribution in [1.29, 1.82) is 0 Å². The van der Waals surface area contributed by atoms with E-state index in [1.165, 1.54) is 0 Å². The second kappa shape index (κ2) is 9.37. The maximum Gasteiger partial charge on any atom is 0.257 e. The summed E-state index contributed by atoms with van der Waals surface area (Å²) in [5.41, 5.74) is 0.663. The monoisotopic (exact) mass is 387 g/mol. The van der Waals surface area contributed by atoms with E-state index in [1.54, 1.807) is 48.8 Å². The lowest BCUT2D eigenvalue weighted by atomic mass is 9.96. The fourth-order valence-electron chi connectivity index (χ4n) is 3.01. The summed E-state index contributed by atoms with van der Waals surface area (Å²) in [5.74, 6) is 0.861. The molecule has 0 aliphatic carbocycles. The second-order valence-corrected chi connectivity index (χ2v) is 6.95. The van der Waals surface area contributed by atoms with Gasteiger partial charge < -0.3 is 15.0 Å². The molecule has 2 amide bonds. The third-order valence-corrected chi connectivity index (χ3v) is 4.85. The van der Waals surface area contributed by atoms with Crippen LogP contribution in [0.15, 0.2) is 48.8 Å². The van der Waals surface area contributed by atoms with E-state index in [2.05, 4.69) is 10.3 Å². The molecule has 1 aromatic heterocycles. The largest absolute Gasteiger partial charge is 0.484 e. The first-order valence-corrected chi connectivity index (χ1v) is 9.34. The lowest BCUT2D eigenvalue weighted by molar-refractivity contribution is -0.123. The zero-order valence-electron chi connectivity index (χ0n) is 14.9. The van der Waals surface area contributed by atoms with Crippen LogP contribution in [0.5, 0.6) is 5.75 Å². The van der Waals surface area contributed by atoms with Crippen LogP contribution >= 0.6 is 11.6 Å². The highest BCUT2D eigenvalue weighted by Crippen LogP contribution is 2.18. The number of carbonyl (C=O) groups excluding carboxylic acids is 2. The first-order valence-electron chi connectivity index (χ1n) is 8.96. The standard InChI is InChI=1S/C20H22ClN3O3/c21-17-1-3-18(4-2-17)27-14-19(25)23-13-15-7-11-24(12-8-15)20(26)16-5-9-22-10-6-16/h1-6,9-10,15H,7-8,11-14H2,(H,23,25). The molecular formula is C20H22ClN3O3. The summed E-state index contributed by atoms with van der Waals surface area (Å²) in [4.78, 5) is 30.2. The lowest BCUT2D eigenvalue weighted by Gasteiger charge is -2.32. The van der Waals surface area contributed by atoms with Crippen molar-refractivity contribution in [3.05, 3.63) is 59.4 Å². The summed E-state index contributed by atoms with van der Waals surface area (Å²) in [6.45, 7) is 1.97. The van der Waals surface area contributed by atoms with Gasteiger partial charge in [0.15, 0.2) is 6.61 Å². The summed E-state index contributed by atoms with van der Waals surface area (Å²) >= 11 is 5.81. The molecule has 1 aliphatic rings. The van der Waals surface area contributed by atoms with Crippen molar-refractivity contribution >= 4 is 23.4 Å². The van der Waals surface area contributed by atoms with Crippen LogP contribution in [0.1, 0.15) is 23.2 Å². The number of hydrogen-bond donors (Lipinski definition) is 1. The predicted octanol–water partition coefficient (Wildman–Crippen LogP) is 2.78. The first-order chi connectivity index (χ1) is 13.1. The molecule has 0 unspecified atom stereocenters. The fourth-order valence-corrected chi connectivity index (χ4v) is 3.13. The predicted molar refractivity (Wildman–Crippen MR) is 103 cm³/mol. The van der Waals surface area contributed by atoms with Crippen LogP contribution < -0.4 is 10.1 Å². The number of benzene rings is 1. The molecule has 1 fully saturated rings. The Bertz CT molecular complexity index is 760. The lowest BCUT2D eigenvalue weighted by Crippen LogP contribution is -2.42. The van der Waals surface area contributed by atoms with Gasteiger partial charge in [0.1, 0.15) is 5.75 Å². The van der Waals surface area contributed by atoms with Crippen molar-refractivity contribution in [2.75, 3.05) is 26.2 Å². The van der Waals surface area contributed by atoms with E-state index < -0.39 is 0 Å². The van der Waals surface area contributed by atoms with Gasteiger partial charge in [0.05, 0.1) is 0 Å². The smallest absolute Gasteiger partial charge is 0.257 e. The number of hydrogen-bond acceptors (Lipinski definition) is 4. The number of likely N-dealkylation sites (tertiary alicyclic amines) is 1. The van der Waals surface area contributed by atoms with Gasteiger partial charge in [-0.2, -0.15) is 0 Å². The molecular weight excluding hydrogens is 366 g/mol. The maximum absolute atomic E-state index is 12.4. The highest BCUT2D eigenvalue weighted by atomic mass is 35.5. The number of halogens is 1. The summed E-state index contributed by atoms with van der Waals surface area (Å²) in [6.07, 6.45) is 4.99. The van der Waals surface area contributed by atoms with E-state index in [0.29, 0.717) is 41.9 Å². The SMILES string of the molecule is O=C(COc1ccc(Cl)cc1)NCC1CCN(C(=O)c2ccncc2)CC1. The zero-order valence-corrected chi connectivity index (χ0v) is 15.7. The van der Waals surface area contributed by atoms with Gasteiger partial charge in [-0.3, -0.25) is 14.6 Å². The van der Waals surface area contributed by atoms with E-state index in [4.69, 9.17) is 16.3 Å². The van der Waals surface area contributed by atoms with E-state index in [-0.39, 0.29) is 18.4 Å². The Hall–Kier alpha value is -2.60. The number of pyridine rings is 1. The van der Waals surface area contributed by atoms with Gasteiger partial charge in [-0.05, 0) is 55.2 Å². The minimum atomic E-state index is -0.153. The van der Waals surface area contributed by atoms with Crippen LogP contribution in [0.25, 0.3) is 0 Å². The molecule has 3 rings (SSSR count). The molecule has 6 nitrogen and oxygen atoms in total. The number of nitrogens with zero attached hydrogens (tertiary/aromatic N) is 2. The van der Waals surface area contributed by atoms with Gasteiger partial charge in [0.25, 0.3) is 11.8 Å². The van der Waals surface area contributed by atoms with Crippen LogP contribution in [-0.4, -0.2) is 47.9 Å². The van der Waals surface area contributed by atoms with Crippen molar-refractivity contribution in [2.24, 2.45) is 5.92 Å². The molecule has 0 spiro atoms. The van der Waals surface area contributed by atoms with Crippen molar-refractivity contribution in [1.82, 2.24) is 15.2 Å². The minimum absolute atomic E-state index is 0.0268. The molecule has 1 saturated heterocycles. The number of aromatic nitrogens is 1. The van der Waals surface area contributed by atoms with Crippen molar-refractivity contribution in [2.45, 2.75) is 12.8 Å². The third kappa shape index (κ3) is 5.69. The molecule has 2 aromatic rings. The van der Waals surface area contributed by atoms with E-state index in [1.807, 2.05) is 4.90 Å². The molecule has 0 bridgehead atoms. The Labute approximate surface area is 163 Å². The van der Waals surface area contributed by atoms with Crippen LogP contribution in [0.2, 0.25) is 5.02 Å². The number of nitrogens with one attached hydrogen (secondary N) is 1. The summed E-state index contributed by atoms with van der Waals surface area (Å²) < 4.78 is 5.43. The summed E-state index contributed by atoms with van der Waals surface area (Å²) in [7, 11) is 0. The molecule has 0 saturated carbocycles. The number of carbonyl (C=O) groups is 2. The van der Waals surface area contributed by atoms with Gasteiger partial charge in [-0.1, -0.05) is 11.6 Å². The Morgan fingerprint density at radius 3 is 2.44 bits per heavy atom. The van der Waals surface area contributed by atoms with Crippen molar-refractivity contribution < 1.29 is 14.3 Å². The molecule has 0 radical (unpaired) electrons. The van der Waals surface area contributed by atoms with E-state index >= 15 is 0 Å². The van der Waals surface area contributed by atoms with Crippen LogP contribution in [0.4, 0.5) is 0 Å². The molecule has 7 heteroatoms. The number of ether oxygens (including phenoxy) is 1. The topological polar surface area (TPSA) is 71.5 Å². The fraction of sp³-hybridized carbons (Fsp3) is 0.350. The minimum Gasteiger partial charge on any atom is -0.484 e. The normalized spacial score (nSPS) is 14.6. The van der Waals surface area contributed by atoms with Gasteiger partial charge in [0, 0.05) is 42.6 Å². The van der Waals surface area contributed by atoms with Gasteiger partial charge in [0.2, 0.25) is 0 Å². The van der Waals surface area contributed by atoms with Crippen molar-refractivity contribution in [3.63, 3.8) is 0 Å². The highest BCUT2D eigenvalue weighted by Gasteiger charge is 2.23. The summed E-state index contributed by atoms with van der Waals surface area (Å²) in [5, 5.41) is 3.53. The van der Waals surface area contributed by atoms with Gasteiger partial charge >= 0.3 is 0 Å². The first kappa shape index (κ1) is 19.2. The molecule has 142 valence electrons. The third-order valence-electron chi connectivity index (χ3n) is 4.60. The Kier molecular flexibility index (Phi) is 6.65. The van der Waals surface area contributed by atoms with E-state index in [9.17, 15) is 9.59 Å². The average molecular weight is 388 g/mol. The molecule has 1 aromatic carbocycles. The van der Waals surface area contributed by atoms with E-state index in [0.717, 1.165) is 12.8 Å². The number of piperidine rings is 1. The zero-order chi connectivity index (χ0) is 19.1. The van der Waals surface area contributed by atoms with Gasteiger partial charge in [-0.25, -0.2) is 0 Å². The average Bonchev–Trinajstić information content (AvgIpc) is 2.72. The second-order valence-electron chi connectivity index (χ2n) is 6.52.